The molecule has 3 N–H and O–H groups in total. The average molecular weight is 321 g/mol. The molecule has 126 valence electrons. The first kappa shape index (κ1) is 16.1. The zero-order chi connectivity index (χ0) is 16.6. The molecular formula is C17H24FN3O2. The molecule has 23 heavy (non-hydrogen) atoms. The first-order valence-corrected chi connectivity index (χ1v) is 7.99. The normalized spacial score (nSPS) is 28.9. The van der Waals surface area contributed by atoms with Crippen molar-refractivity contribution in [2.75, 3.05) is 13.7 Å². The number of aromatic hydroxyl groups is 1. The smallest absolute Gasteiger partial charge is 0.191 e. The van der Waals surface area contributed by atoms with Crippen molar-refractivity contribution in [2.24, 2.45) is 16.3 Å². The fraction of sp³-hybridized carbons (Fsp3) is 0.588. The molecule has 0 radical (unpaired) electrons. The van der Waals surface area contributed by atoms with Crippen LogP contribution in [0, 0.1) is 17.2 Å². The Kier molecular flexibility index (Phi) is 4.19. The lowest BCUT2D eigenvalue weighted by atomic mass is 9.57. The van der Waals surface area contributed by atoms with Crippen LogP contribution >= 0.6 is 0 Å². The number of fused-ring (bicyclic) bond motifs is 1. The van der Waals surface area contributed by atoms with Crippen molar-refractivity contribution in [2.45, 2.75) is 39.0 Å². The largest absolute Gasteiger partial charge is 0.505 e. The van der Waals surface area contributed by atoms with Crippen molar-refractivity contribution in [3.63, 3.8) is 0 Å². The highest BCUT2D eigenvalue weighted by Gasteiger charge is 2.59. The molecule has 2 aliphatic rings. The molecule has 0 aromatic heterocycles. The van der Waals surface area contributed by atoms with Crippen molar-refractivity contribution < 1.29 is 14.2 Å². The maximum absolute atomic E-state index is 13.4. The molecule has 1 aromatic rings. The molecule has 3 rings (SSSR count). The van der Waals surface area contributed by atoms with Gasteiger partial charge in [0.1, 0.15) is 0 Å². The molecule has 1 aliphatic heterocycles. The number of hydrogen-bond acceptors (Lipinski definition) is 3. The van der Waals surface area contributed by atoms with Crippen LogP contribution < -0.4 is 10.6 Å². The summed E-state index contributed by atoms with van der Waals surface area (Å²) >= 11 is 0. The maximum Gasteiger partial charge on any atom is 0.191 e. The monoisotopic (exact) mass is 321 g/mol. The van der Waals surface area contributed by atoms with Crippen LogP contribution in [0.3, 0.4) is 0 Å². The predicted octanol–water partition coefficient (Wildman–Crippen LogP) is 2.01. The molecule has 3 atom stereocenters. The van der Waals surface area contributed by atoms with E-state index in [0.717, 1.165) is 18.6 Å². The van der Waals surface area contributed by atoms with E-state index in [4.69, 9.17) is 4.74 Å². The second kappa shape index (κ2) is 6.00. The maximum atomic E-state index is 13.4. The number of hydrogen-bond donors (Lipinski definition) is 3. The van der Waals surface area contributed by atoms with E-state index in [-0.39, 0.29) is 11.2 Å². The van der Waals surface area contributed by atoms with Crippen molar-refractivity contribution in [3.05, 3.63) is 29.6 Å². The van der Waals surface area contributed by atoms with E-state index in [2.05, 4.69) is 29.5 Å². The molecule has 1 heterocycles. The number of nitrogens with one attached hydrogen (secondary N) is 2. The van der Waals surface area contributed by atoms with Gasteiger partial charge >= 0.3 is 0 Å². The van der Waals surface area contributed by atoms with Crippen molar-refractivity contribution in [3.8, 4) is 5.75 Å². The molecule has 0 bridgehead atoms. The number of phenolic OH excluding ortho intramolecular Hbond substituents is 1. The topological polar surface area (TPSA) is 65.9 Å². The number of rotatable bonds is 3. The summed E-state index contributed by atoms with van der Waals surface area (Å²) in [4.78, 5) is 4.26. The SMILES string of the molecule is CN=C(NCc1ccc(O)c(F)c1)NC1C2CCOC2C1(C)C. The van der Waals surface area contributed by atoms with Gasteiger partial charge in [0.15, 0.2) is 17.5 Å². The molecule has 1 aliphatic carbocycles. The molecule has 1 aromatic carbocycles. The lowest BCUT2D eigenvalue weighted by Gasteiger charge is -2.54. The zero-order valence-electron chi connectivity index (χ0n) is 13.8. The Balaban J connectivity index is 1.59. The summed E-state index contributed by atoms with van der Waals surface area (Å²) in [5, 5.41) is 15.9. The Labute approximate surface area is 136 Å². The number of nitrogens with zero attached hydrogens (tertiary/aromatic N) is 1. The fourth-order valence-electron chi connectivity index (χ4n) is 3.81. The molecule has 6 heteroatoms. The van der Waals surface area contributed by atoms with Crippen LogP contribution in [-0.2, 0) is 11.3 Å². The number of ether oxygens (including phenoxy) is 1. The number of benzene rings is 1. The van der Waals surface area contributed by atoms with Crippen LogP contribution in [-0.4, -0.2) is 36.9 Å². The van der Waals surface area contributed by atoms with Crippen molar-refractivity contribution in [1.29, 1.82) is 0 Å². The molecule has 1 saturated heterocycles. The van der Waals surface area contributed by atoms with Gasteiger partial charge in [0.05, 0.1) is 6.10 Å². The Morgan fingerprint density at radius 3 is 2.96 bits per heavy atom. The molecule has 5 nitrogen and oxygen atoms in total. The van der Waals surface area contributed by atoms with Crippen LogP contribution in [0.15, 0.2) is 23.2 Å². The van der Waals surface area contributed by atoms with Gasteiger partial charge in [0.2, 0.25) is 0 Å². The second-order valence-corrected chi connectivity index (χ2v) is 6.90. The fourth-order valence-corrected chi connectivity index (χ4v) is 3.81. The number of guanidine groups is 1. The third kappa shape index (κ3) is 2.87. The predicted molar refractivity (Wildman–Crippen MR) is 86.8 cm³/mol. The standard InChI is InChI=1S/C17H24FN3O2/c1-17(2)14(11-6-7-23-15(11)17)21-16(19-3)20-9-10-4-5-13(22)12(18)8-10/h4-5,8,11,14-15,22H,6-7,9H2,1-3H3,(H2,19,20,21). The third-order valence-corrected chi connectivity index (χ3v) is 5.09. The Morgan fingerprint density at radius 1 is 1.48 bits per heavy atom. The van der Waals surface area contributed by atoms with Crippen LogP contribution in [0.4, 0.5) is 4.39 Å². The van der Waals surface area contributed by atoms with Gasteiger partial charge in [0.25, 0.3) is 0 Å². The number of halogens is 1. The lowest BCUT2D eigenvalue weighted by molar-refractivity contribution is -0.106. The van der Waals surface area contributed by atoms with Gasteiger partial charge in [-0.3, -0.25) is 4.99 Å². The van der Waals surface area contributed by atoms with E-state index in [0.29, 0.717) is 30.6 Å². The van der Waals surface area contributed by atoms with Gasteiger partial charge in [-0.05, 0) is 24.1 Å². The summed E-state index contributed by atoms with van der Waals surface area (Å²) in [7, 11) is 1.72. The summed E-state index contributed by atoms with van der Waals surface area (Å²) in [6.45, 7) is 5.68. The van der Waals surface area contributed by atoms with E-state index in [1.165, 1.54) is 12.1 Å². The third-order valence-electron chi connectivity index (χ3n) is 5.09. The van der Waals surface area contributed by atoms with E-state index >= 15 is 0 Å². The first-order chi connectivity index (χ1) is 10.9. The van der Waals surface area contributed by atoms with E-state index in [1.54, 1.807) is 13.1 Å². The van der Waals surface area contributed by atoms with E-state index in [9.17, 15) is 9.50 Å². The van der Waals surface area contributed by atoms with Crippen LogP contribution in [0.2, 0.25) is 0 Å². The molecule has 3 unspecified atom stereocenters. The summed E-state index contributed by atoms with van der Waals surface area (Å²) in [5.74, 6) is 0.273. The minimum atomic E-state index is -0.613. The summed E-state index contributed by atoms with van der Waals surface area (Å²) in [6.07, 6.45) is 1.40. The highest BCUT2D eigenvalue weighted by Crippen LogP contribution is 2.52. The summed E-state index contributed by atoms with van der Waals surface area (Å²) in [5.41, 5.74) is 0.821. The molecular weight excluding hydrogens is 297 g/mol. The first-order valence-electron chi connectivity index (χ1n) is 7.99. The zero-order valence-corrected chi connectivity index (χ0v) is 13.8. The highest BCUT2D eigenvalue weighted by atomic mass is 19.1. The quantitative estimate of drug-likeness (QED) is 0.588. The molecule has 0 spiro atoms. The molecule has 0 amide bonds. The van der Waals surface area contributed by atoms with Gasteiger partial charge in [-0.25, -0.2) is 4.39 Å². The lowest BCUT2D eigenvalue weighted by Crippen LogP contribution is -2.67. The van der Waals surface area contributed by atoms with Crippen LogP contribution in [0.25, 0.3) is 0 Å². The average Bonchev–Trinajstić information content (AvgIpc) is 2.97. The Morgan fingerprint density at radius 2 is 2.26 bits per heavy atom. The van der Waals surface area contributed by atoms with Crippen LogP contribution in [0.1, 0.15) is 25.8 Å². The van der Waals surface area contributed by atoms with Gasteiger partial charge < -0.3 is 20.5 Å². The van der Waals surface area contributed by atoms with Crippen LogP contribution in [0.5, 0.6) is 5.75 Å². The molecule has 2 fully saturated rings. The number of aliphatic imine (C=N–C) groups is 1. The van der Waals surface area contributed by atoms with E-state index < -0.39 is 5.82 Å². The minimum Gasteiger partial charge on any atom is -0.505 e. The second-order valence-electron chi connectivity index (χ2n) is 6.90. The highest BCUT2D eigenvalue weighted by molar-refractivity contribution is 5.80. The Hall–Kier alpha value is -1.82. The summed E-state index contributed by atoms with van der Waals surface area (Å²) in [6, 6.07) is 4.69. The van der Waals surface area contributed by atoms with Gasteiger partial charge in [-0.15, -0.1) is 0 Å². The minimum absolute atomic E-state index is 0.0728. The van der Waals surface area contributed by atoms with Gasteiger partial charge in [-0.1, -0.05) is 19.9 Å². The Bertz CT molecular complexity index is 618. The number of phenols is 1. The van der Waals surface area contributed by atoms with E-state index in [1.807, 2.05) is 0 Å². The molecule has 1 saturated carbocycles. The van der Waals surface area contributed by atoms with Gasteiger partial charge in [-0.2, -0.15) is 0 Å². The summed E-state index contributed by atoms with van der Waals surface area (Å²) < 4.78 is 19.2. The van der Waals surface area contributed by atoms with Crippen molar-refractivity contribution in [1.82, 2.24) is 10.6 Å². The van der Waals surface area contributed by atoms with Crippen molar-refractivity contribution >= 4 is 5.96 Å². The van der Waals surface area contributed by atoms with Gasteiger partial charge in [0, 0.05) is 37.6 Å².